The van der Waals surface area contributed by atoms with E-state index in [1.54, 1.807) is 43.3 Å². The van der Waals surface area contributed by atoms with Crippen molar-refractivity contribution < 1.29 is 18.8 Å². The highest BCUT2D eigenvalue weighted by Gasteiger charge is 2.52. The van der Waals surface area contributed by atoms with Gasteiger partial charge in [-0.05, 0) is 35.6 Å². The molecule has 1 aliphatic rings. The summed E-state index contributed by atoms with van der Waals surface area (Å²) in [5.74, 6) is -1.27. The Bertz CT molecular complexity index is 949. The third kappa shape index (κ3) is 4.59. The number of nitrogens with zero attached hydrogens (tertiary/aromatic N) is 1. The highest BCUT2D eigenvalue weighted by molar-refractivity contribution is 6.08. The summed E-state index contributed by atoms with van der Waals surface area (Å²) in [6.45, 7) is 5.63. The van der Waals surface area contributed by atoms with Crippen molar-refractivity contribution in [2.24, 2.45) is 5.92 Å². The lowest BCUT2D eigenvalue weighted by Gasteiger charge is -2.26. The topological polar surface area (TPSA) is 90.5 Å². The van der Waals surface area contributed by atoms with Gasteiger partial charge < -0.3 is 10.6 Å². The van der Waals surface area contributed by atoms with Crippen LogP contribution in [0.4, 0.5) is 9.18 Å². The van der Waals surface area contributed by atoms with Gasteiger partial charge in [0.2, 0.25) is 0 Å². The average Bonchev–Trinajstić information content (AvgIpc) is 3.00. The standard InChI is InChI=1S/C23H27FN4O3/c1-4-23(17-8-6-5-7-9-17)21(30)28(22(31)26-23)27-19(29)14-25-20(15(2)3)16-10-12-18(24)13-11-16/h5-13,15,20,25H,4,14H2,1-3H3,(H,26,31)(H,27,29)/t20-,23-/m1/s1. The number of amides is 4. The van der Waals surface area contributed by atoms with Gasteiger partial charge in [0, 0.05) is 6.04 Å². The summed E-state index contributed by atoms with van der Waals surface area (Å²) in [4.78, 5) is 38.1. The van der Waals surface area contributed by atoms with Gasteiger partial charge in [0.1, 0.15) is 11.4 Å². The fourth-order valence-electron chi connectivity index (χ4n) is 3.81. The van der Waals surface area contributed by atoms with Crippen LogP contribution in [0, 0.1) is 11.7 Å². The predicted molar refractivity (Wildman–Crippen MR) is 114 cm³/mol. The third-order valence-corrected chi connectivity index (χ3v) is 5.50. The van der Waals surface area contributed by atoms with E-state index in [1.165, 1.54) is 12.1 Å². The SMILES string of the molecule is CC[C@]1(c2ccccc2)NC(=O)N(NC(=O)CN[C@@H](c2ccc(F)cc2)C(C)C)C1=O. The maximum atomic E-state index is 13.2. The number of halogens is 1. The van der Waals surface area contributed by atoms with Crippen molar-refractivity contribution in [3.63, 3.8) is 0 Å². The van der Waals surface area contributed by atoms with E-state index < -0.39 is 23.4 Å². The number of hydrazine groups is 1. The van der Waals surface area contributed by atoms with E-state index in [0.717, 1.165) is 10.6 Å². The zero-order valence-electron chi connectivity index (χ0n) is 17.8. The number of urea groups is 1. The summed E-state index contributed by atoms with van der Waals surface area (Å²) in [6, 6.07) is 14.1. The van der Waals surface area contributed by atoms with Crippen molar-refractivity contribution in [1.82, 2.24) is 21.1 Å². The van der Waals surface area contributed by atoms with Crippen LogP contribution in [0.2, 0.25) is 0 Å². The predicted octanol–water partition coefficient (Wildman–Crippen LogP) is 3.00. The van der Waals surface area contributed by atoms with Crippen molar-refractivity contribution in [2.75, 3.05) is 6.54 Å². The van der Waals surface area contributed by atoms with E-state index in [0.29, 0.717) is 12.0 Å². The number of carbonyl (C=O) groups is 3. The molecule has 0 spiro atoms. The summed E-state index contributed by atoms with van der Waals surface area (Å²) in [7, 11) is 0. The summed E-state index contributed by atoms with van der Waals surface area (Å²) < 4.78 is 13.2. The van der Waals surface area contributed by atoms with Crippen LogP contribution in [-0.2, 0) is 15.1 Å². The van der Waals surface area contributed by atoms with Gasteiger partial charge in [-0.25, -0.2) is 9.18 Å². The Kier molecular flexibility index (Phi) is 6.70. The molecule has 1 saturated heterocycles. The Labute approximate surface area is 181 Å². The summed E-state index contributed by atoms with van der Waals surface area (Å²) in [5, 5.41) is 6.58. The van der Waals surface area contributed by atoms with Gasteiger partial charge in [0.25, 0.3) is 11.8 Å². The van der Waals surface area contributed by atoms with Crippen molar-refractivity contribution >= 4 is 17.8 Å². The first kappa shape index (κ1) is 22.4. The number of hydrogen-bond acceptors (Lipinski definition) is 4. The van der Waals surface area contributed by atoms with E-state index in [1.807, 2.05) is 19.9 Å². The molecule has 1 aliphatic heterocycles. The fourth-order valence-corrected chi connectivity index (χ4v) is 3.81. The molecule has 0 bridgehead atoms. The van der Waals surface area contributed by atoms with Crippen molar-refractivity contribution in [2.45, 2.75) is 38.8 Å². The molecule has 3 N–H and O–H groups in total. The third-order valence-electron chi connectivity index (χ3n) is 5.50. The monoisotopic (exact) mass is 426 g/mol. The molecule has 2 aromatic carbocycles. The van der Waals surface area contributed by atoms with Gasteiger partial charge in [-0.15, -0.1) is 0 Å². The molecule has 7 nitrogen and oxygen atoms in total. The number of imide groups is 1. The lowest BCUT2D eigenvalue weighted by molar-refractivity contribution is -0.139. The largest absolute Gasteiger partial charge is 0.344 e. The van der Waals surface area contributed by atoms with Gasteiger partial charge in [-0.2, -0.15) is 5.01 Å². The molecule has 0 radical (unpaired) electrons. The van der Waals surface area contributed by atoms with Gasteiger partial charge in [-0.3, -0.25) is 15.0 Å². The molecular weight excluding hydrogens is 399 g/mol. The van der Waals surface area contributed by atoms with Crippen LogP contribution >= 0.6 is 0 Å². The minimum Gasteiger partial charge on any atom is -0.318 e. The second-order valence-corrected chi connectivity index (χ2v) is 7.88. The first-order valence-electron chi connectivity index (χ1n) is 10.3. The molecule has 0 aliphatic carbocycles. The zero-order chi connectivity index (χ0) is 22.6. The second kappa shape index (κ2) is 9.26. The summed E-state index contributed by atoms with van der Waals surface area (Å²) >= 11 is 0. The van der Waals surface area contributed by atoms with Crippen LogP contribution in [0.25, 0.3) is 0 Å². The van der Waals surface area contributed by atoms with Crippen LogP contribution in [0.5, 0.6) is 0 Å². The Balaban J connectivity index is 1.68. The van der Waals surface area contributed by atoms with E-state index in [4.69, 9.17) is 0 Å². The minimum atomic E-state index is -1.21. The minimum absolute atomic E-state index is 0.123. The maximum absolute atomic E-state index is 13.2. The normalized spacial score (nSPS) is 19.5. The molecule has 4 amide bonds. The van der Waals surface area contributed by atoms with Gasteiger partial charge >= 0.3 is 6.03 Å². The number of rotatable bonds is 8. The van der Waals surface area contributed by atoms with Gasteiger partial charge in [0.15, 0.2) is 0 Å². The summed E-state index contributed by atoms with van der Waals surface area (Å²) in [6.07, 6.45) is 0.339. The molecule has 0 saturated carbocycles. The van der Waals surface area contributed by atoms with Crippen LogP contribution < -0.4 is 16.1 Å². The zero-order valence-corrected chi connectivity index (χ0v) is 17.8. The number of hydrogen-bond donors (Lipinski definition) is 3. The lowest BCUT2D eigenvalue weighted by Crippen LogP contribution is -2.51. The highest BCUT2D eigenvalue weighted by Crippen LogP contribution is 2.31. The highest BCUT2D eigenvalue weighted by atomic mass is 19.1. The first-order valence-corrected chi connectivity index (χ1v) is 10.3. The molecule has 0 aromatic heterocycles. The van der Waals surface area contributed by atoms with Crippen LogP contribution in [-0.4, -0.2) is 29.4 Å². The Morgan fingerprint density at radius 2 is 1.74 bits per heavy atom. The molecule has 1 heterocycles. The Hall–Kier alpha value is -3.26. The smallest absolute Gasteiger partial charge is 0.318 e. The lowest BCUT2D eigenvalue weighted by atomic mass is 9.87. The van der Waals surface area contributed by atoms with E-state index in [2.05, 4.69) is 16.1 Å². The quantitative estimate of drug-likeness (QED) is 0.566. The number of nitrogens with one attached hydrogen (secondary N) is 3. The first-order chi connectivity index (χ1) is 14.8. The Morgan fingerprint density at radius 3 is 2.32 bits per heavy atom. The van der Waals surface area contributed by atoms with Gasteiger partial charge in [0.05, 0.1) is 6.54 Å². The van der Waals surface area contributed by atoms with Crippen LogP contribution in [0.1, 0.15) is 44.4 Å². The molecule has 8 heteroatoms. The van der Waals surface area contributed by atoms with Crippen molar-refractivity contribution in [3.8, 4) is 0 Å². The molecule has 31 heavy (non-hydrogen) atoms. The van der Waals surface area contributed by atoms with E-state index in [9.17, 15) is 18.8 Å². The van der Waals surface area contributed by atoms with E-state index >= 15 is 0 Å². The van der Waals surface area contributed by atoms with E-state index in [-0.39, 0.29) is 24.3 Å². The molecule has 2 aromatic rings. The number of benzene rings is 2. The number of carbonyl (C=O) groups excluding carboxylic acids is 3. The van der Waals surface area contributed by atoms with Crippen LogP contribution in [0.15, 0.2) is 54.6 Å². The molecule has 1 fully saturated rings. The average molecular weight is 426 g/mol. The molecule has 3 rings (SSSR count). The maximum Gasteiger partial charge on any atom is 0.344 e. The summed E-state index contributed by atoms with van der Waals surface area (Å²) in [5.41, 5.74) is 2.68. The van der Waals surface area contributed by atoms with Crippen molar-refractivity contribution in [3.05, 3.63) is 71.5 Å². The Morgan fingerprint density at radius 1 is 1.10 bits per heavy atom. The van der Waals surface area contributed by atoms with Crippen molar-refractivity contribution in [1.29, 1.82) is 0 Å². The molecule has 164 valence electrons. The second-order valence-electron chi connectivity index (χ2n) is 7.88. The molecule has 2 atom stereocenters. The molecular formula is C23H27FN4O3. The van der Waals surface area contributed by atoms with Crippen LogP contribution in [0.3, 0.4) is 0 Å². The van der Waals surface area contributed by atoms with Gasteiger partial charge in [-0.1, -0.05) is 63.2 Å². The molecule has 0 unspecified atom stereocenters. The fraction of sp³-hybridized carbons (Fsp3) is 0.348.